The van der Waals surface area contributed by atoms with E-state index in [1.165, 1.54) is 17.0 Å². The molecule has 0 heterocycles. The molecule has 1 aromatic carbocycles. The van der Waals surface area contributed by atoms with Crippen LogP contribution in [0, 0.1) is 5.82 Å². The van der Waals surface area contributed by atoms with Gasteiger partial charge in [0.1, 0.15) is 12.4 Å². The first-order valence-electron chi connectivity index (χ1n) is 6.19. The van der Waals surface area contributed by atoms with Crippen LogP contribution < -0.4 is 0 Å². The summed E-state index contributed by atoms with van der Waals surface area (Å²) in [6.07, 6.45) is 0.215. The molecular weight excluding hydrogens is 249 g/mol. The zero-order chi connectivity index (χ0) is 14.4. The smallest absolute Gasteiger partial charge is 0.323 e. The van der Waals surface area contributed by atoms with E-state index in [0.717, 1.165) is 5.56 Å². The number of aliphatic carboxylic acids is 1. The Morgan fingerprint density at radius 3 is 2.37 bits per heavy atom. The maximum atomic E-state index is 12.8. The highest BCUT2D eigenvalue weighted by atomic mass is 19.1. The van der Waals surface area contributed by atoms with Gasteiger partial charge in [0.15, 0.2) is 0 Å². The van der Waals surface area contributed by atoms with Gasteiger partial charge in [-0.1, -0.05) is 19.1 Å². The van der Waals surface area contributed by atoms with Crippen LogP contribution in [-0.4, -0.2) is 35.0 Å². The summed E-state index contributed by atoms with van der Waals surface area (Å²) < 4.78 is 12.8. The number of carboxylic acids is 1. The normalized spacial score (nSPS) is 11.9. The molecule has 0 radical (unpaired) electrons. The van der Waals surface area contributed by atoms with Crippen molar-refractivity contribution in [2.24, 2.45) is 0 Å². The third-order valence-electron chi connectivity index (χ3n) is 2.98. The van der Waals surface area contributed by atoms with Gasteiger partial charge in [-0.2, -0.15) is 0 Å². The number of carbonyl (C=O) groups excluding carboxylic acids is 1. The highest BCUT2D eigenvalue weighted by Gasteiger charge is 2.18. The fourth-order valence-electron chi connectivity index (χ4n) is 1.84. The van der Waals surface area contributed by atoms with E-state index in [0.29, 0.717) is 6.54 Å². The second-order valence-corrected chi connectivity index (χ2v) is 4.46. The largest absolute Gasteiger partial charge is 0.480 e. The summed E-state index contributed by atoms with van der Waals surface area (Å²) >= 11 is 0. The fourth-order valence-corrected chi connectivity index (χ4v) is 1.84. The molecule has 4 nitrogen and oxygen atoms in total. The van der Waals surface area contributed by atoms with Crippen molar-refractivity contribution < 1.29 is 19.1 Å². The number of nitrogens with zero attached hydrogens (tertiary/aromatic N) is 1. The molecule has 1 atom stereocenters. The summed E-state index contributed by atoms with van der Waals surface area (Å²) in [5, 5.41) is 8.71. The topological polar surface area (TPSA) is 57.6 Å². The summed E-state index contributed by atoms with van der Waals surface area (Å²) in [6, 6.07) is 5.98. The van der Waals surface area contributed by atoms with Crippen molar-refractivity contribution in [3.05, 3.63) is 35.6 Å². The molecule has 0 saturated heterocycles. The van der Waals surface area contributed by atoms with Gasteiger partial charge in [0, 0.05) is 13.0 Å². The molecule has 104 valence electrons. The highest BCUT2D eigenvalue weighted by molar-refractivity contribution is 5.81. The van der Waals surface area contributed by atoms with E-state index in [1.54, 1.807) is 19.1 Å². The Morgan fingerprint density at radius 1 is 1.32 bits per heavy atom. The second kappa shape index (κ2) is 6.87. The summed E-state index contributed by atoms with van der Waals surface area (Å²) in [6.45, 7) is 3.68. The van der Waals surface area contributed by atoms with Crippen LogP contribution in [-0.2, 0) is 9.59 Å². The zero-order valence-corrected chi connectivity index (χ0v) is 11.1. The Labute approximate surface area is 111 Å². The van der Waals surface area contributed by atoms with Crippen LogP contribution in [0.2, 0.25) is 0 Å². The first-order valence-corrected chi connectivity index (χ1v) is 6.19. The lowest BCUT2D eigenvalue weighted by molar-refractivity contribution is -0.144. The Morgan fingerprint density at radius 2 is 1.89 bits per heavy atom. The molecule has 0 aliphatic rings. The standard InChI is InChI=1S/C14H18FNO3/c1-3-16(9-14(18)19)13(17)8-10(2)11-4-6-12(15)7-5-11/h4-7,10H,3,8-9H2,1-2H3,(H,18,19). The molecule has 1 N–H and O–H groups in total. The molecule has 0 aromatic heterocycles. The molecule has 19 heavy (non-hydrogen) atoms. The minimum atomic E-state index is -1.02. The number of hydrogen-bond donors (Lipinski definition) is 1. The number of carboxylic acid groups (broad SMARTS) is 1. The summed E-state index contributed by atoms with van der Waals surface area (Å²) in [5.41, 5.74) is 0.862. The lowest BCUT2D eigenvalue weighted by atomic mass is 9.97. The number of benzene rings is 1. The molecule has 1 rings (SSSR count). The van der Waals surface area contributed by atoms with E-state index in [2.05, 4.69) is 0 Å². The minimum absolute atomic E-state index is 0.0732. The number of amides is 1. The van der Waals surface area contributed by atoms with Gasteiger partial charge in [-0.25, -0.2) is 4.39 Å². The molecule has 0 bridgehead atoms. The predicted molar refractivity (Wildman–Crippen MR) is 69.3 cm³/mol. The minimum Gasteiger partial charge on any atom is -0.480 e. The quantitative estimate of drug-likeness (QED) is 0.860. The van der Waals surface area contributed by atoms with Crippen molar-refractivity contribution in [3.8, 4) is 0 Å². The van der Waals surface area contributed by atoms with E-state index >= 15 is 0 Å². The highest BCUT2D eigenvalue weighted by Crippen LogP contribution is 2.20. The average Bonchev–Trinajstić information content (AvgIpc) is 2.36. The number of rotatable bonds is 6. The van der Waals surface area contributed by atoms with Crippen LogP contribution >= 0.6 is 0 Å². The molecule has 0 aliphatic heterocycles. The third-order valence-corrected chi connectivity index (χ3v) is 2.98. The van der Waals surface area contributed by atoms with Gasteiger partial charge in [-0.15, -0.1) is 0 Å². The van der Waals surface area contributed by atoms with Crippen LogP contribution in [0.15, 0.2) is 24.3 Å². The first kappa shape index (κ1) is 15.1. The van der Waals surface area contributed by atoms with Crippen LogP contribution in [0.25, 0.3) is 0 Å². The van der Waals surface area contributed by atoms with Gasteiger partial charge >= 0.3 is 5.97 Å². The van der Waals surface area contributed by atoms with E-state index in [9.17, 15) is 14.0 Å². The van der Waals surface area contributed by atoms with Gasteiger partial charge in [-0.3, -0.25) is 9.59 Å². The lowest BCUT2D eigenvalue weighted by Crippen LogP contribution is -2.35. The van der Waals surface area contributed by atoms with Gasteiger partial charge in [0.25, 0.3) is 0 Å². The van der Waals surface area contributed by atoms with E-state index < -0.39 is 5.97 Å². The monoisotopic (exact) mass is 267 g/mol. The molecule has 1 amide bonds. The fraction of sp³-hybridized carbons (Fsp3) is 0.429. The predicted octanol–water partition coefficient (Wildman–Crippen LogP) is 2.25. The van der Waals surface area contributed by atoms with Crippen molar-refractivity contribution in [2.45, 2.75) is 26.2 Å². The van der Waals surface area contributed by atoms with Gasteiger partial charge < -0.3 is 10.0 Å². The number of halogens is 1. The van der Waals surface area contributed by atoms with Gasteiger partial charge in [0.05, 0.1) is 0 Å². The molecule has 0 saturated carbocycles. The Kier molecular flexibility index (Phi) is 5.48. The van der Waals surface area contributed by atoms with Gasteiger partial charge in [-0.05, 0) is 30.5 Å². The maximum Gasteiger partial charge on any atom is 0.323 e. The van der Waals surface area contributed by atoms with E-state index in [4.69, 9.17) is 5.11 Å². The molecule has 0 spiro atoms. The van der Waals surface area contributed by atoms with E-state index in [1.807, 2.05) is 6.92 Å². The summed E-state index contributed by atoms with van der Waals surface area (Å²) in [7, 11) is 0. The summed E-state index contributed by atoms with van der Waals surface area (Å²) in [4.78, 5) is 23.9. The van der Waals surface area contributed by atoms with Crippen LogP contribution in [0.3, 0.4) is 0 Å². The van der Waals surface area contributed by atoms with Crippen molar-refractivity contribution in [2.75, 3.05) is 13.1 Å². The number of hydrogen-bond acceptors (Lipinski definition) is 2. The molecular formula is C14H18FNO3. The van der Waals surface area contributed by atoms with E-state index in [-0.39, 0.29) is 30.6 Å². The average molecular weight is 267 g/mol. The van der Waals surface area contributed by atoms with Crippen LogP contribution in [0.1, 0.15) is 31.7 Å². The zero-order valence-electron chi connectivity index (χ0n) is 11.1. The van der Waals surface area contributed by atoms with Crippen molar-refractivity contribution in [3.63, 3.8) is 0 Å². The Bertz CT molecular complexity index is 445. The SMILES string of the molecule is CCN(CC(=O)O)C(=O)CC(C)c1ccc(F)cc1. The summed E-state index contributed by atoms with van der Waals surface area (Å²) in [5.74, 6) is -1.62. The Balaban J connectivity index is 2.64. The second-order valence-electron chi connectivity index (χ2n) is 4.46. The molecule has 0 fully saturated rings. The number of carbonyl (C=O) groups is 2. The van der Waals surface area contributed by atoms with Gasteiger partial charge in [0.2, 0.25) is 5.91 Å². The molecule has 0 aliphatic carbocycles. The van der Waals surface area contributed by atoms with Crippen molar-refractivity contribution in [1.82, 2.24) is 4.90 Å². The third kappa shape index (κ3) is 4.69. The Hall–Kier alpha value is -1.91. The first-order chi connectivity index (χ1) is 8.93. The lowest BCUT2D eigenvalue weighted by Gasteiger charge is -2.21. The molecule has 5 heteroatoms. The maximum absolute atomic E-state index is 12.8. The van der Waals surface area contributed by atoms with Crippen molar-refractivity contribution >= 4 is 11.9 Å². The van der Waals surface area contributed by atoms with Crippen molar-refractivity contribution in [1.29, 1.82) is 0 Å². The molecule has 1 aromatic rings. The van der Waals surface area contributed by atoms with Crippen LogP contribution in [0.5, 0.6) is 0 Å². The van der Waals surface area contributed by atoms with Crippen LogP contribution in [0.4, 0.5) is 4.39 Å². The molecule has 1 unspecified atom stereocenters. The number of likely N-dealkylation sites (N-methyl/N-ethyl adjacent to an activating group) is 1.